The number of aromatic nitrogens is 2. The van der Waals surface area contributed by atoms with Crippen molar-refractivity contribution in [3.05, 3.63) is 95.8 Å². The molecule has 0 unspecified atom stereocenters. The van der Waals surface area contributed by atoms with E-state index < -0.39 is 0 Å². The highest BCUT2D eigenvalue weighted by molar-refractivity contribution is 5.70. The molecule has 0 saturated carbocycles. The minimum absolute atomic E-state index is 0.756. The summed E-state index contributed by atoms with van der Waals surface area (Å²) in [6.07, 6.45) is 6.11. The molecule has 6 nitrogen and oxygen atoms in total. The number of hydrogen-bond donors (Lipinski definition) is 1. The lowest BCUT2D eigenvalue weighted by molar-refractivity contribution is 0.257. The molecule has 2 saturated heterocycles. The lowest BCUT2D eigenvalue weighted by Gasteiger charge is -2.37. The Morgan fingerprint density at radius 1 is 0.732 bits per heavy atom. The van der Waals surface area contributed by atoms with Crippen LogP contribution in [0.25, 0.3) is 16.8 Å². The van der Waals surface area contributed by atoms with Crippen LogP contribution in [0.4, 0.5) is 11.4 Å². The lowest BCUT2D eigenvalue weighted by atomic mass is 10.0. The summed E-state index contributed by atoms with van der Waals surface area (Å²) in [5, 5.41) is 8.78. The summed E-state index contributed by atoms with van der Waals surface area (Å²) >= 11 is 0. The molecule has 2 fully saturated rings. The largest absolute Gasteiger partial charge is 0.372 e. The standard InChI is InChI=1S/C35H44N6/c1-28-14-15-35(29(2)24-28)40-22-20-38(21-23-40)19-16-36-26-34-33(27-41(37-34)31-11-5-3-6-12-31)30-10-9-13-32(25-30)39-17-7-4-8-18-39/h3,5-6,9-15,24-25,27,36H,4,7-8,16-23,26H2,1-2H3. The first-order valence-corrected chi connectivity index (χ1v) is 15.4. The first-order chi connectivity index (χ1) is 20.1. The summed E-state index contributed by atoms with van der Waals surface area (Å²) in [6, 6.07) is 26.3. The van der Waals surface area contributed by atoms with Crippen molar-refractivity contribution in [2.45, 2.75) is 39.7 Å². The van der Waals surface area contributed by atoms with Crippen molar-refractivity contribution in [1.82, 2.24) is 20.0 Å². The van der Waals surface area contributed by atoms with Crippen LogP contribution in [0.3, 0.4) is 0 Å². The van der Waals surface area contributed by atoms with Gasteiger partial charge in [0.1, 0.15) is 0 Å². The van der Waals surface area contributed by atoms with Gasteiger partial charge in [0.05, 0.1) is 11.4 Å². The first kappa shape index (κ1) is 27.6. The predicted octanol–water partition coefficient (Wildman–Crippen LogP) is 6.06. The zero-order chi connectivity index (χ0) is 28.0. The molecule has 0 atom stereocenters. The fraction of sp³-hybridized carbons (Fsp3) is 0.400. The van der Waals surface area contributed by atoms with Gasteiger partial charge < -0.3 is 15.1 Å². The van der Waals surface area contributed by atoms with Gasteiger partial charge in [-0.25, -0.2) is 4.68 Å². The minimum atomic E-state index is 0.756. The van der Waals surface area contributed by atoms with Crippen LogP contribution in [0.15, 0.2) is 79.0 Å². The third kappa shape index (κ3) is 6.66. The number of benzene rings is 3. The van der Waals surface area contributed by atoms with Crippen LogP contribution in [0.2, 0.25) is 0 Å². The summed E-state index contributed by atoms with van der Waals surface area (Å²) in [4.78, 5) is 7.66. The minimum Gasteiger partial charge on any atom is -0.372 e. The Balaban J connectivity index is 1.10. The van der Waals surface area contributed by atoms with E-state index in [9.17, 15) is 0 Å². The highest BCUT2D eigenvalue weighted by atomic mass is 15.3. The fourth-order valence-corrected chi connectivity index (χ4v) is 6.33. The molecule has 4 aromatic rings. The highest BCUT2D eigenvalue weighted by Gasteiger charge is 2.19. The van der Waals surface area contributed by atoms with E-state index in [1.54, 1.807) is 0 Å². The first-order valence-electron chi connectivity index (χ1n) is 15.4. The van der Waals surface area contributed by atoms with Crippen LogP contribution in [0, 0.1) is 13.8 Å². The summed E-state index contributed by atoms with van der Waals surface area (Å²) in [5.41, 5.74) is 10.1. The Morgan fingerprint density at radius 3 is 2.29 bits per heavy atom. The number of aryl methyl sites for hydroxylation is 2. The van der Waals surface area contributed by atoms with E-state index in [-0.39, 0.29) is 0 Å². The van der Waals surface area contributed by atoms with Gasteiger partial charge in [0.15, 0.2) is 0 Å². The predicted molar refractivity (Wildman–Crippen MR) is 171 cm³/mol. The number of piperidine rings is 1. The van der Waals surface area contributed by atoms with Crippen molar-refractivity contribution in [1.29, 1.82) is 0 Å². The van der Waals surface area contributed by atoms with Crippen LogP contribution < -0.4 is 15.1 Å². The number of nitrogens with one attached hydrogen (secondary N) is 1. The second-order valence-electron chi connectivity index (χ2n) is 11.7. The summed E-state index contributed by atoms with van der Waals surface area (Å²) < 4.78 is 2.03. The number of nitrogens with zero attached hydrogens (tertiary/aromatic N) is 5. The molecule has 6 heteroatoms. The van der Waals surface area contributed by atoms with Crippen molar-refractivity contribution < 1.29 is 0 Å². The molecule has 214 valence electrons. The summed E-state index contributed by atoms with van der Waals surface area (Å²) in [7, 11) is 0. The Kier molecular flexibility index (Phi) is 8.68. The van der Waals surface area contributed by atoms with E-state index in [1.165, 1.54) is 52.9 Å². The SMILES string of the molecule is Cc1ccc(N2CCN(CCNCc3nn(-c4ccccc4)cc3-c3cccc(N4CCCCC4)c3)CC2)c(C)c1. The Bertz CT molecular complexity index is 1410. The van der Waals surface area contributed by atoms with Crippen molar-refractivity contribution in [3.8, 4) is 16.8 Å². The second kappa shape index (κ2) is 12.9. The maximum atomic E-state index is 5.06. The van der Waals surface area contributed by atoms with Gasteiger partial charge in [-0.2, -0.15) is 5.10 Å². The van der Waals surface area contributed by atoms with Gasteiger partial charge in [0, 0.05) is 82.0 Å². The van der Waals surface area contributed by atoms with E-state index in [0.717, 1.165) is 70.3 Å². The molecule has 0 aliphatic carbocycles. The monoisotopic (exact) mass is 548 g/mol. The van der Waals surface area contributed by atoms with Gasteiger partial charge in [-0.3, -0.25) is 4.90 Å². The van der Waals surface area contributed by atoms with Gasteiger partial charge in [-0.15, -0.1) is 0 Å². The Morgan fingerprint density at radius 2 is 1.51 bits per heavy atom. The number of rotatable bonds is 9. The molecule has 0 bridgehead atoms. The molecular weight excluding hydrogens is 504 g/mol. The fourth-order valence-electron chi connectivity index (χ4n) is 6.33. The normalized spacial score (nSPS) is 16.3. The Hall–Kier alpha value is -3.61. The van der Waals surface area contributed by atoms with Crippen molar-refractivity contribution >= 4 is 11.4 Å². The maximum Gasteiger partial charge on any atom is 0.0845 e. The molecule has 41 heavy (non-hydrogen) atoms. The van der Waals surface area contributed by atoms with Crippen LogP contribution in [-0.4, -0.2) is 67.0 Å². The van der Waals surface area contributed by atoms with E-state index in [2.05, 4.69) is 113 Å². The van der Waals surface area contributed by atoms with Crippen LogP contribution in [0.1, 0.15) is 36.1 Å². The molecule has 2 aliphatic rings. The third-order valence-electron chi connectivity index (χ3n) is 8.65. The highest BCUT2D eigenvalue weighted by Crippen LogP contribution is 2.30. The molecule has 0 radical (unpaired) electrons. The molecule has 1 aromatic heterocycles. The van der Waals surface area contributed by atoms with Gasteiger partial charge in [0.25, 0.3) is 0 Å². The number of hydrogen-bond acceptors (Lipinski definition) is 5. The Labute approximate surface area is 245 Å². The molecule has 0 amide bonds. The van der Waals surface area contributed by atoms with Crippen molar-refractivity contribution in [2.24, 2.45) is 0 Å². The topological polar surface area (TPSA) is 39.6 Å². The third-order valence-corrected chi connectivity index (χ3v) is 8.65. The summed E-state index contributed by atoms with van der Waals surface area (Å²) in [6.45, 7) is 13.9. The van der Waals surface area contributed by atoms with Gasteiger partial charge in [-0.1, -0.05) is 48.0 Å². The number of piperazine rings is 1. The van der Waals surface area contributed by atoms with Crippen molar-refractivity contribution in [3.63, 3.8) is 0 Å². The molecule has 2 aliphatic heterocycles. The van der Waals surface area contributed by atoms with E-state index >= 15 is 0 Å². The van der Waals surface area contributed by atoms with E-state index in [1.807, 2.05) is 4.68 Å². The lowest BCUT2D eigenvalue weighted by Crippen LogP contribution is -2.48. The van der Waals surface area contributed by atoms with Crippen LogP contribution in [-0.2, 0) is 6.54 Å². The average molecular weight is 549 g/mol. The van der Waals surface area contributed by atoms with E-state index in [4.69, 9.17) is 5.10 Å². The zero-order valence-corrected chi connectivity index (χ0v) is 24.7. The smallest absolute Gasteiger partial charge is 0.0845 e. The number of anilines is 2. The maximum absolute atomic E-state index is 5.06. The molecule has 3 heterocycles. The molecule has 6 rings (SSSR count). The molecule has 1 N–H and O–H groups in total. The molecule has 0 spiro atoms. The van der Waals surface area contributed by atoms with E-state index in [0.29, 0.717) is 0 Å². The number of para-hydroxylation sites is 1. The quantitative estimate of drug-likeness (QED) is 0.258. The zero-order valence-electron chi connectivity index (χ0n) is 24.7. The van der Waals surface area contributed by atoms with Gasteiger partial charge in [-0.05, 0) is 74.6 Å². The van der Waals surface area contributed by atoms with Crippen LogP contribution in [0.5, 0.6) is 0 Å². The van der Waals surface area contributed by atoms with Gasteiger partial charge in [0.2, 0.25) is 0 Å². The van der Waals surface area contributed by atoms with Crippen LogP contribution >= 0.6 is 0 Å². The molecular formula is C35H44N6. The second-order valence-corrected chi connectivity index (χ2v) is 11.7. The van der Waals surface area contributed by atoms with Gasteiger partial charge >= 0.3 is 0 Å². The average Bonchev–Trinajstić information content (AvgIpc) is 3.45. The van der Waals surface area contributed by atoms with Crippen molar-refractivity contribution in [2.75, 3.05) is 62.2 Å². The summed E-state index contributed by atoms with van der Waals surface area (Å²) in [5.74, 6) is 0. The molecule has 3 aromatic carbocycles.